The minimum Gasteiger partial charge on any atom is -0.307 e. The summed E-state index contributed by atoms with van der Waals surface area (Å²) < 4.78 is 14.3. The van der Waals surface area contributed by atoms with Crippen LogP contribution < -0.4 is 10.9 Å². The summed E-state index contributed by atoms with van der Waals surface area (Å²) in [4.78, 5) is 16.3. The van der Waals surface area contributed by atoms with Gasteiger partial charge in [-0.25, -0.2) is 9.37 Å². The van der Waals surface area contributed by atoms with Crippen LogP contribution >= 0.6 is 0 Å². The molecule has 0 bridgehead atoms. The molecule has 3 aromatic rings. The van der Waals surface area contributed by atoms with E-state index >= 15 is 0 Å². The summed E-state index contributed by atoms with van der Waals surface area (Å²) in [6.45, 7) is 1.08. The third-order valence-electron chi connectivity index (χ3n) is 3.17. The van der Waals surface area contributed by atoms with Crippen molar-refractivity contribution in [1.82, 2.24) is 14.7 Å². The van der Waals surface area contributed by atoms with Gasteiger partial charge in [-0.1, -0.05) is 18.2 Å². The highest BCUT2D eigenvalue weighted by molar-refractivity contribution is 5.37. The molecule has 0 aliphatic heterocycles. The molecule has 5 heteroatoms. The Hall–Kier alpha value is -2.53. The molecule has 0 unspecified atom stereocenters. The van der Waals surface area contributed by atoms with Gasteiger partial charge in [-0.2, -0.15) is 0 Å². The van der Waals surface area contributed by atoms with Crippen molar-refractivity contribution in [2.45, 2.75) is 13.1 Å². The number of pyridine rings is 1. The van der Waals surface area contributed by atoms with E-state index in [-0.39, 0.29) is 11.4 Å². The molecular formula is C16H14FN3O. The van der Waals surface area contributed by atoms with Crippen LogP contribution in [0, 0.1) is 5.82 Å². The Kier molecular flexibility index (Phi) is 3.75. The summed E-state index contributed by atoms with van der Waals surface area (Å²) in [5.41, 5.74) is 2.20. The van der Waals surface area contributed by atoms with Crippen molar-refractivity contribution in [3.05, 3.63) is 82.2 Å². The number of nitrogens with one attached hydrogen (secondary N) is 1. The van der Waals surface area contributed by atoms with E-state index in [4.69, 9.17) is 0 Å². The van der Waals surface area contributed by atoms with E-state index in [1.165, 1.54) is 22.6 Å². The molecule has 3 rings (SSSR count). The smallest absolute Gasteiger partial charge is 0.258 e. The number of aromatic nitrogens is 2. The predicted octanol–water partition coefficient (Wildman–Crippen LogP) is 2.12. The predicted molar refractivity (Wildman–Crippen MR) is 78.4 cm³/mol. The van der Waals surface area contributed by atoms with Gasteiger partial charge in [-0.05, 0) is 29.8 Å². The van der Waals surface area contributed by atoms with Gasteiger partial charge in [0.05, 0.1) is 5.69 Å². The van der Waals surface area contributed by atoms with E-state index in [0.29, 0.717) is 24.4 Å². The van der Waals surface area contributed by atoms with Crippen LogP contribution in [0.4, 0.5) is 4.39 Å². The zero-order valence-corrected chi connectivity index (χ0v) is 11.3. The van der Waals surface area contributed by atoms with Crippen LogP contribution in [0.2, 0.25) is 0 Å². The van der Waals surface area contributed by atoms with Gasteiger partial charge in [-0.15, -0.1) is 0 Å². The van der Waals surface area contributed by atoms with Crippen LogP contribution in [0.25, 0.3) is 5.65 Å². The van der Waals surface area contributed by atoms with Gasteiger partial charge in [-0.3, -0.25) is 9.20 Å². The first kappa shape index (κ1) is 13.5. The molecule has 0 fully saturated rings. The van der Waals surface area contributed by atoms with E-state index < -0.39 is 0 Å². The molecule has 0 radical (unpaired) electrons. The highest BCUT2D eigenvalue weighted by Gasteiger charge is 2.01. The largest absolute Gasteiger partial charge is 0.307 e. The van der Waals surface area contributed by atoms with Gasteiger partial charge in [0.1, 0.15) is 11.5 Å². The molecule has 4 nitrogen and oxygen atoms in total. The number of hydrogen-bond donors (Lipinski definition) is 1. The lowest BCUT2D eigenvalue weighted by Crippen LogP contribution is -2.19. The third-order valence-corrected chi connectivity index (χ3v) is 3.17. The highest BCUT2D eigenvalue weighted by Crippen LogP contribution is 2.03. The molecule has 2 heterocycles. The van der Waals surface area contributed by atoms with Crippen LogP contribution in [-0.4, -0.2) is 9.38 Å². The number of hydrogen-bond acceptors (Lipinski definition) is 3. The van der Waals surface area contributed by atoms with Crippen molar-refractivity contribution >= 4 is 5.65 Å². The van der Waals surface area contributed by atoms with E-state index in [9.17, 15) is 9.18 Å². The van der Waals surface area contributed by atoms with E-state index in [0.717, 1.165) is 5.56 Å². The minimum absolute atomic E-state index is 0.0980. The van der Waals surface area contributed by atoms with Crippen molar-refractivity contribution in [1.29, 1.82) is 0 Å². The van der Waals surface area contributed by atoms with Gasteiger partial charge in [0.15, 0.2) is 0 Å². The van der Waals surface area contributed by atoms with Gasteiger partial charge >= 0.3 is 0 Å². The topological polar surface area (TPSA) is 46.4 Å². The Labute approximate surface area is 120 Å². The molecular weight excluding hydrogens is 269 g/mol. The van der Waals surface area contributed by atoms with Gasteiger partial charge < -0.3 is 5.32 Å². The number of nitrogens with zero attached hydrogens (tertiary/aromatic N) is 2. The van der Waals surface area contributed by atoms with Crippen LogP contribution in [0.15, 0.2) is 59.5 Å². The van der Waals surface area contributed by atoms with Crippen molar-refractivity contribution in [2.24, 2.45) is 0 Å². The Bertz CT molecular complexity index is 812. The lowest BCUT2D eigenvalue weighted by atomic mass is 10.2. The molecule has 0 aliphatic rings. The maximum Gasteiger partial charge on any atom is 0.258 e. The van der Waals surface area contributed by atoms with E-state index in [1.54, 1.807) is 30.5 Å². The normalized spacial score (nSPS) is 10.9. The first-order valence-electron chi connectivity index (χ1n) is 6.65. The van der Waals surface area contributed by atoms with Gasteiger partial charge in [0.25, 0.3) is 5.56 Å². The zero-order chi connectivity index (χ0) is 14.7. The maximum atomic E-state index is 12.8. The summed E-state index contributed by atoms with van der Waals surface area (Å²) in [6, 6.07) is 13.3. The fourth-order valence-corrected chi connectivity index (χ4v) is 2.13. The van der Waals surface area contributed by atoms with Crippen molar-refractivity contribution < 1.29 is 4.39 Å². The summed E-state index contributed by atoms with van der Waals surface area (Å²) in [5.74, 6) is -0.247. The van der Waals surface area contributed by atoms with Crippen LogP contribution in [0.3, 0.4) is 0 Å². The zero-order valence-electron chi connectivity index (χ0n) is 11.3. The molecule has 106 valence electrons. The first-order chi connectivity index (χ1) is 10.2. The number of halogens is 1. The molecule has 0 saturated heterocycles. The molecule has 21 heavy (non-hydrogen) atoms. The standard InChI is InChI=1S/C16H14FN3O/c17-13-6-4-12(5-7-13)10-18-11-14-9-16(21)20-8-2-1-3-15(20)19-14/h1-9,18H,10-11H2. The molecule has 0 atom stereocenters. The lowest BCUT2D eigenvalue weighted by Gasteiger charge is -2.06. The minimum atomic E-state index is -0.247. The van der Waals surface area contributed by atoms with Gasteiger partial charge in [0.2, 0.25) is 0 Å². The van der Waals surface area contributed by atoms with Crippen LogP contribution in [-0.2, 0) is 13.1 Å². The number of rotatable bonds is 4. The van der Waals surface area contributed by atoms with Crippen molar-refractivity contribution in [2.75, 3.05) is 0 Å². The fourth-order valence-electron chi connectivity index (χ4n) is 2.13. The molecule has 1 N–H and O–H groups in total. The number of benzene rings is 1. The Morgan fingerprint density at radius 1 is 1.10 bits per heavy atom. The molecule has 0 amide bonds. The van der Waals surface area contributed by atoms with Crippen molar-refractivity contribution in [3.63, 3.8) is 0 Å². The quantitative estimate of drug-likeness (QED) is 0.798. The second-order valence-electron chi connectivity index (χ2n) is 4.74. The van der Waals surface area contributed by atoms with Gasteiger partial charge in [0, 0.05) is 25.4 Å². The monoisotopic (exact) mass is 283 g/mol. The van der Waals surface area contributed by atoms with Crippen molar-refractivity contribution in [3.8, 4) is 0 Å². The summed E-state index contributed by atoms with van der Waals surface area (Å²) in [6.07, 6.45) is 1.69. The third kappa shape index (κ3) is 3.14. The van der Waals surface area contributed by atoms with E-state index in [2.05, 4.69) is 10.3 Å². The molecule has 0 aliphatic carbocycles. The fraction of sp³-hybridized carbons (Fsp3) is 0.125. The first-order valence-corrected chi connectivity index (χ1v) is 6.65. The molecule has 2 aromatic heterocycles. The SMILES string of the molecule is O=c1cc(CNCc2ccc(F)cc2)nc2ccccn12. The number of fused-ring (bicyclic) bond motifs is 1. The summed E-state index contributed by atoms with van der Waals surface area (Å²) >= 11 is 0. The Morgan fingerprint density at radius 2 is 1.90 bits per heavy atom. The Balaban J connectivity index is 1.70. The average Bonchev–Trinajstić information content (AvgIpc) is 2.49. The lowest BCUT2D eigenvalue weighted by molar-refractivity contribution is 0.624. The summed E-state index contributed by atoms with van der Waals surface area (Å²) in [7, 11) is 0. The highest BCUT2D eigenvalue weighted by atomic mass is 19.1. The maximum absolute atomic E-state index is 12.8. The van der Waals surface area contributed by atoms with Crippen LogP contribution in [0.5, 0.6) is 0 Å². The van der Waals surface area contributed by atoms with Crippen LogP contribution in [0.1, 0.15) is 11.3 Å². The molecule has 0 spiro atoms. The molecule has 1 aromatic carbocycles. The average molecular weight is 283 g/mol. The Morgan fingerprint density at radius 3 is 2.71 bits per heavy atom. The molecule has 0 saturated carbocycles. The second-order valence-corrected chi connectivity index (χ2v) is 4.74. The second kappa shape index (κ2) is 5.85. The van der Waals surface area contributed by atoms with E-state index in [1.807, 2.05) is 6.07 Å². The summed E-state index contributed by atoms with van der Waals surface area (Å²) in [5, 5.41) is 3.20.